The molecule has 0 spiro atoms. The van der Waals surface area contributed by atoms with Gasteiger partial charge in [-0.05, 0) is 36.4 Å². The van der Waals surface area contributed by atoms with E-state index in [0.717, 1.165) is 39.8 Å². The van der Waals surface area contributed by atoms with Crippen LogP contribution in [0.1, 0.15) is 26.3 Å². The summed E-state index contributed by atoms with van der Waals surface area (Å²) in [7, 11) is 7.50. The van der Waals surface area contributed by atoms with Crippen LogP contribution < -0.4 is 41.0 Å². The van der Waals surface area contributed by atoms with Crippen LogP contribution in [0.4, 0.5) is 0 Å². The Morgan fingerprint density at radius 2 is 0.930 bits per heavy atom. The standard InChI is InChI=1S/2C10H8N2O.C10H6N2.2C2H6O.CH2Cl2.CH4O.BBr3.Na.H2O2.H2O/c2*11-10(13)8-5-7-3-1-2-4-9(7)12-6-8;11-6-8-5-9-3-1-2-4-10(9)12-7-8;2*1-3-2;2-1-3;1-2;2-1(3)4;;1-2;/h2*1-6H,(H2,11,13);1-5,7H;2*1-2H3;1H2;2H,1H3;;;1-2H;1H2/q;;;;;;;;+1;;/p-1. The van der Waals surface area contributed by atoms with E-state index in [9.17, 15) is 9.59 Å². The Morgan fingerprint density at radius 1 is 0.684 bits per heavy atom. The number of benzene rings is 3. The van der Waals surface area contributed by atoms with Gasteiger partial charge in [0.25, 0.3) is 0 Å². The minimum Gasteiger partial charge on any atom is -0.870 e. The second kappa shape index (κ2) is 42.8. The molecule has 6 aromatic rings. The number of hydrogen-bond donors (Lipinski definition) is 5. The number of rotatable bonds is 2. The molecule has 3 aromatic carbocycles. The van der Waals surface area contributed by atoms with E-state index in [2.05, 4.69) is 77.8 Å². The van der Waals surface area contributed by atoms with Crippen molar-refractivity contribution in [3.8, 4) is 6.07 Å². The Hall–Kier alpha value is -2.84. The first-order valence-corrected chi connectivity index (χ1v) is 18.8. The van der Waals surface area contributed by atoms with Crippen LogP contribution in [0.5, 0.6) is 0 Å². The number of methoxy groups -OCH3 is 2. The molecule has 14 nitrogen and oxygen atoms in total. The van der Waals surface area contributed by atoms with Crippen LogP contribution in [0.2, 0.25) is 0 Å². The first kappa shape index (κ1) is 63.3. The molecule has 3 heterocycles. The fourth-order valence-electron chi connectivity index (χ4n) is 3.54. The number of para-hydroxylation sites is 3. The summed E-state index contributed by atoms with van der Waals surface area (Å²) >= 11 is 18.8. The van der Waals surface area contributed by atoms with Gasteiger partial charge in [-0.25, -0.2) is 0 Å². The summed E-state index contributed by atoms with van der Waals surface area (Å²) in [4.78, 5) is 34.0. The van der Waals surface area contributed by atoms with Gasteiger partial charge in [0, 0.05) is 70.3 Å². The van der Waals surface area contributed by atoms with Gasteiger partial charge in [0.1, 0.15) is 6.07 Å². The maximum atomic E-state index is 10.8. The number of primary amides is 2. The van der Waals surface area contributed by atoms with Gasteiger partial charge in [-0.15, -0.1) is 70.5 Å². The summed E-state index contributed by atoms with van der Waals surface area (Å²) in [5.74, 6) is -0.892. The quantitative estimate of drug-likeness (QED) is 0.0639. The van der Waals surface area contributed by atoms with Crippen molar-refractivity contribution < 1.29 is 69.7 Å². The molecule has 0 aliphatic rings. The molecule has 8 N–H and O–H groups in total. The average molecular weight is 1030 g/mol. The number of nitrogens with zero attached hydrogens (tertiary/aromatic N) is 4. The van der Waals surface area contributed by atoms with Crippen LogP contribution >= 0.6 is 70.5 Å². The number of ether oxygens (including phenoxy) is 2. The topological polar surface area (TPSA) is 258 Å². The van der Waals surface area contributed by atoms with Gasteiger partial charge < -0.3 is 31.5 Å². The predicted octanol–water partition coefficient (Wildman–Crippen LogP) is 5.33. The molecular weight excluding hydrogens is 989 g/mol. The molecule has 57 heavy (non-hydrogen) atoms. The maximum Gasteiger partial charge on any atom is 1.00 e. The molecule has 21 heteroatoms. The predicted molar refractivity (Wildman–Crippen MR) is 237 cm³/mol. The molecule has 2 amide bonds. The first-order valence-electron chi connectivity index (χ1n) is 15.0. The van der Waals surface area contributed by atoms with Crippen molar-refractivity contribution in [2.24, 2.45) is 11.5 Å². The number of nitriles is 1. The van der Waals surface area contributed by atoms with E-state index in [4.69, 9.17) is 55.6 Å². The molecule has 304 valence electrons. The molecule has 0 aliphatic carbocycles. The maximum absolute atomic E-state index is 10.8. The van der Waals surface area contributed by atoms with Crippen molar-refractivity contribution in [3.63, 3.8) is 0 Å². The largest absolute Gasteiger partial charge is 1.00 e. The Balaban J connectivity index is -0.000000196. The number of aromatic nitrogens is 3. The number of aliphatic hydroxyl groups is 1. The molecule has 0 atom stereocenters. The molecule has 0 aliphatic heterocycles. The molecule has 0 radical (unpaired) electrons. The fraction of sp³-hybridized carbons (Fsp3) is 0.167. The Morgan fingerprint density at radius 3 is 1.19 bits per heavy atom. The van der Waals surface area contributed by atoms with E-state index < -0.39 is 11.8 Å². The monoisotopic (exact) mass is 1030 g/mol. The third-order valence-corrected chi connectivity index (χ3v) is 5.47. The zero-order chi connectivity index (χ0) is 42.6. The number of fused-ring (bicyclic) bond motifs is 3. The van der Waals surface area contributed by atoms with Crippen LogP contribution in [0.25, 0.3) is 32.7 Å². The van der Waals surface area contributed by atoms with Gasteiger partial charge >= 0.3 is 32.7 Å². The SMILES string of the molecule is BrB(Br)Br.CO.COC.COC.ClCCl.N#Cc1cnc2ccccc2c1.NC(=O)c1cnc2ccccc2c1.NC(=O)c1cnc2ccccc2c1.OO.[Na+].[OH-]. The minimum absolute atomic E-state index is 0. The molecule has 3 aromatic heterocycles. The number of pyridine rings is 3. The number of halogens is 5. The number of alkyl halides is 2. The molecule has 0 saturated carbocycles. The zero-order valence-electron chi connectivity index (χ0n) is 31.9. The molecular formula is C36H43BBr3Cl2N6NaO8. The number of carbonyl (C=O) groups is 2. The zero-order valence-corrected chi connectivity index (χ0v) is 40.2. The molecule has 0 fully saturated rings. The smallest absolute Gasteiger partial charge is 0.870 e. The fourth-order valence-corrected chi connectivity index (χ4v) is 3.54. The number of aliphatic hydroxyl groups excluding tert-OH is 1. The van der Waals surface area contributed by atoms with E-state index in [1.807, 2.05) is 78.9 Å². The third kappa shape index (κ3) is 30.9. The van der Waals surface area contributed by atoms with Crippen LogP contribution in [-0.4, -0.2) is 91.9 Å². The number of amides is 2. The third-order valence-electron chi connectivity index (χ3n) is 5.47. The number of nitrogens with two attached hydrogens (primary N) is 2. The van der Waals surface area contributed by atoms with Crippen molar-refractivity contribution in [2.75, 3.05) is 40.9 Å². The van der Waals surface area contributed by atoms with Gasteiger partial charge in [0.05, 0.1) is 38.6 Å². The van der Waals surface area contributed by atoms with Crippen molar-refractivity contribution in [1.29, 1.82) is 5.26 Å². The molecule has 0 bridgehead atoms. The summed E-state index contributed by atoms with van der Waals surface area (Å²) in [6.45, 7) is 0. The molecule has 0 saturated heterocycles. The number of carbonyl (C=O) groups excluding carboxylic acids is 2. The number of hydrogen-bond acceptors (Lipinski definition) is 12. The van der Waals surface area contributed by atoms with Gasteiger partial charge in [0.15, 0.2) is 0 Å². The van der Waals surface area contributed by atoms with E-state index in [-0.39, 0.29) is 43.6 Å². The second-order valence-electron chi connectivity index (χ2n) is 9.26. The summed E-state index contributed by atoms with van der Waals surface area (Å²) in [5.41, 5.74) is 14.4. The Kier molecular flexibility index (Phi) is 47.5. The summed E-state index contributed by atoms with van der Waals surface area (Å²) in [6, 6.07) is 30.3. The second-order valence-corrected chi connectivity index (χ2v) is 16.5. The normalized spacial score (nSPS) is 8.28. The van der Waals surface area contributed by atoms with Crippen molar-refractivity contribution in [2.45, 2.75) is 0 Å². The van der Waals surface area contributed by atoms with E-state index in [0.29, 0.717) is 16.7 Å². The Labute approximate surface area is 389 Å². The van der Waals surface area contributed by atoms with Crippen LogP contribution in [0.15, 0.2) is 110 Å². The summed E-state index contributed by atoms with van der Waals surface area (Å²) in [6.07, 6.45) is 4.57. The first-order chi connectivity index (χ1) is 26.4. The van der Waals surface area contributed by atoms with Gasteiger partial charge in [-0.2, -0.15) is 5.26 Å². The molecule has 0 unspecified atom stereocenters. The average Bonchev–Trinajstić information content (AvgIpc) is 3.20. The van der Waals surface area contributed by atoms with E-state index in [1.165, 1.54) is 12.4 Å². The minimum atomic E-state index is -0.446. The molecule has 6 rings (SSSR count). The van der Waals surface area contributed by atoms with Crippen molar-refractivity contribution in [1.82, 2.24) is 15.0 Å². The Bertz CT molecular complexity index is 1880. The van der Waals surface area contributed by atoms with E-state index >= 15 is 0 Å². The van der Waals surface area contributed by atoms with Gasteiger partial charge in [0.2, 0.25) is 11.8 Å². The van der Waals surface area contributed by atoms with Gasteiger partial charge in [-0.3, -0.25) is 35.1 Å². The van der Waals surface area contributed by atoms with E-state index in [1.54, 1.807) is 46.8 Å². The summed E-state index contributed by atoms with van der Waals surface area (Å²) in [5, 5.41) is 30.7. The van der Waals surface area contributed by atoms with Crippen LogP contribution in [-0.2, 0) is 9.47 Å². The van der Waals surface area contributed by atoms with Crippen LogP contribution in [0, 0.1) is 11.3 Å². The van der Waals surface area contributed by atoms with Crippen molar-refractivity contribution in [3.05, 3.63) is 126 Å². The summed E-state index contributed by atoms with van der Waals surface area (Å²) < 4.78 is 8.77. The van der Waals surface area contributed by atoms with Crippen molar-refractivity contribution >= 4 is 118 Å². The van der Waals surface area contributed by atoms with Crippen LogP contribution in [0.3, 0.4) is 0 Å². The van der Waals surface area contributed by atoms with Gasteiger partial charge in [-0.1, -0.05) is 54.6 Å².